The van der Waals surface area contributed by atoms with Crippen molar-refractivity contribution in [2.45, 2.75) is 20.0 Å². The quantitative estimate of drug-likeness (QED) is 0.808. The fourth-order valence-corrected chi connectivity index (χ4v) is 1.82. The summed E-state index contributed by atoms with van der Waals surface area (Å²) in [4.78, 5) is 23.7. The smallest absolute Gasteiger partial charge is 0.331 e. The predicted molar refractivity (Wildman–Crippen MR) is 70.6 cm³/mol. The van der Waals surface area contributed by atoms with Gasteiger partial charge in [-0.3, -0.25) is 9.36 Å². The number of aryl methyl sites for hydroxylation is 1. The van der Waals surface area contributed by atoms with Crippen LogP contribution >= 0.6 is 0 Å². The Morgan fingerprint density at radius 1 is 1.22 bits per heavy atom. The van der Waals surface area contributed by atoms with E-state index in [4.69, 9.17) is 5.73 Å². The Morgan fingerprint density at radius 3 is 2.67 bits per heavy atom. The van der Waals surface area contributed by atoms with Crippen molar-refractivity contribution in [2.24, 2.45) is 0 Å². The fraction of sp³-hybridized carbons (Fsp3) is 0.231. The van der Waals surface area contributed by atoms with Crippen LogP contribution in [0.15, 0.2) is 46.1 Å². The number of nitrogens with zero attached hydrogens (tertiary/aromatic N) is 2. The highest BCUT2D eigenvalue weighted by molar-refractivity contribution is 5.40. The van der Waals surface area contributed by atoms with Crippen LogP contribution in [0.3, 0.4) is 0 Å². The third-order valence-corrected chi connectivity index (χ3v) is 2.77. The maximum absolute atomic E-state index is 12.0. The molecule has 0 aliphatic heterocycles. The highest BCUT2D eigenvalue weighted by Crippen LogP contribution is 2.06. The lowest BCUT2D eigenvalue weighted by molar-refractivity contribution is 0.600. The molecule has 5 heteroatoms. The van der Waals surface area contributed by atoms with Gasteiger partial charge in [0, 0.05) is 24.5 Å². The molecule has 0 atom stereocenters. The summed E-state index contributed by atoms with van der Waals surface area (Å²) in [6.07, 6.45) is 1.51. The number of benzene rings is 1. The van der Waals surface area contributed by atoms with E-state index in [9.17, 15) is 9.59 Å². The first-order chi connectivity index (χ1) is 8.61. The fourth-order valence-electron chi connectivity index (χ4n) is 1.82. The molecular weight excluding hydrogens is 230 g/mol. The molecule has 5 nitrogen and oxygen atoms in total. The van der Waals surface area contributed by atoms with Crippen LogP contribution in [0.2, 0.25) is 0 Å². The van der Waals surface area contributed by atoms with Crippen LogP contribution in [-0.2, 0) is 13.1 Å². The van der Waals surface area contributed by atoms with E-state index in [1.807, 2.05) is 13.0 Å². The maximum Gasteiger partial charge on any atom is 0.331 e. The molecule has 0 fully saturated rings. The maximum atomic E-state index is 12.0. The molecule has 18 heavy (non-hydrogen) atoms. The summed E-state index contributed by atoms with van der Waals surface area (Å²) < 4.78 is 2.70. The monoisotopic (exact) mass is 245 g/mol. The van der Waals surface area contributed by atoms with Crippen LogP contribution in [-0.4, -0.2) is 9.13 Å². The van der Waals surface area contributed by atoms with Gasteiger partial charge < -0.3 is 10.3 Å². The minimum absolute atomic E-state index is 0.240. The molecule has 2 rings (SSSR count). The minimum Gasteiger partial charge on any atom is -0.399 e. The summed E-state index contributed by atoms with van der Waals surface area (Å²) in [7, 11) is 0. The number of nitrogens with two attached hydrogens (primary N) is 1. The van der Waals surface area contributed by atoms with Crippen molar-refractivity contribution in [3.05, 3.63) is 62.9 Å². The molecule has 0 saturated carbocycles. The number of anilines is 1. The van der Waals surface area contributed by atoms with Crippen LogP contribution in [0.1, 0.15) is 12.5 Å². The van der Waals surface area contributed by atoms with Gasteiger partial charge in [0.1, 0.15) is 0 Å². The highest BCUT2D eigenvalue weighted by Gasteiger charge is 2.05. The third-order valence-electron chi connectivity index (χ3n) is 2.77. The molecule has 1 heterocycles. The van der Waals surface area contributed by atoms with E-state index in [0.29, 0.717) is 12.2 Å². The lowest BCUT2D eigenvalue weighted by Gasteiger charge is -2.08. The first kappa shape index (κ1) is 12.2. The standard InChI is InChI=1S/C13H15N3O2/c1-2-15-7-6-12(17)16(13(15)18)9-10-4-3-5-11(14)8-10/h3-8H,2,9,14H2,1H3. The Bertz CT molecular complexity index is 670. The molecule has 0 radical (unpaired) electrons. The minimum atomic E-state index is -0.299. The van der Waals surface area contributed by atoms with Gasteiger partial charge in [0.15, 0.2) is 0 Å². The molecule has 1 aromatic heterocycles. The van der Waals surface area contributed by atoms with Gasteiger partial charge in [0.05, 0.1) is 6.54 Å². The van der Waals surface area contributed by atoms with E-state index in [2.05, 4.69) is 0 Å². The molecule has 0 saturated heterocycles. The van der Waals surface area contributed by atoms with E-state index in [1.165, 1.54) is 21.4 Å². The summed E-state index contributed by atoms with van der Waals surface area (Å²) in [6, 6.07) is 8.57. The topological polar surface area (TPSA) is 70.0 Å². The predicted octanol–water partition coefficient (Wildman–Crippen LogP) is 0.660. The highest BCUT2D eigenvalue weighted by atomic mass is 16.2. The zero-order valence-corrected chi connectivity index (χ0v) is 10.2. The summed E-state index contributed by atoms with van der Waals surface area (Å²) in [5.74, 6) is 0. The average Bonchev–Trinajstić information content (AvgIpc) is 2.35. The third kappa shape index (κ3) is 2.34. The van der Waals surface area contributed by atoms with Crippen molar-refractivity contribution in [1.82, 2.24) is 9.13 Å². The lowest BCUT2D eigenvalue weighted by atomic mass is 10.2. The Hall–Kier alpha value is -2.30. The molecule has 0 amide bonds. The van der Waals surface area contributed by atoms with Gasteiger partial charge in [-0.05, 0) is 24.6 Å². The molecule has 0 bridgehead atoms. The van der Waals surface area contributed by atoms with Crippen LogP contribution in [0.4, 0.5) is 5.69 Å². The zero-order chi connectivity index (χ0) is 13.1. The lowest BCUT2D eigenvalue weighted by Crippen LogP contribution is -2.38. The van der Waals surface area contributed by atoms with Crippen molar-refractivity contribution in [2.75, 3.05) is 5.73 Å². The molecule has 0 unspecified atom stereocenters. The average molecular weight is 245 g/mol. The Kier molecular flexibility index (Phi) is 3.32. The van der Waals surface area contributed by atoms with E-state index in [1.54, 1.807) is 18.2 Å². The molecule has 0 aliphatic carbocycles. The second-order valence-electron chi connectivity index (χ2n) is 4.05. The second kappa shape index (κ2) is 4.91. The summed E-state index contributed by atoms with van der Waals surface area (Å²) in [6.45, 7) is 2.64. The van der Waals surface area contributed by atoms with Crippen molar-refractivity contribution >= 4 is 5.69 Å². The van der Waals surface area contributed by atoms with E-state index >= 15 is 0 Å². The Balaban J connectivity index is 2.46. The van der Waals surface area contributed by atoms with Gasteiger partial charge in [-0.1, -0.05) is 12.1 Å². The van der Waals surface area contributed by atoms with Gasteiger partial charge in [-0.2, -0.15) is 0 Å². The number of rotatable bonds is 3. The van der Waals surface area contributed by atoms with Crippen molar-refractivity contribution in [3.63, 3.8) is 0 Å². The SMILES string of the molecule is CCn1ccc(=O)n(Cc2cccc(N)c2)c1=O. The van der Waals surface area contributed by atoms with E-state index in [0.717, 1.165) is 5.56 Å². The molecular formula is C13H15N3O2. The zero-order valence-electron chi connectivity index (χ0n) is 10.2. The molecule has 0 spiro atoms. The Labute approximate surface area is 104 Å². The first-order valence-electron chi connectivity index (χ1n) is 5.76. The molecule has 94 valence electrons. The van der Waals surface area contributed by atoms with Gasteiger partial charge in [-0.15, -0.1) is 0 Å². The number of hydrogen-bond acceptors (Lipinski definition) is 3. The number of nitrogen functional groups attached to an aromatic ring is 1. The first-order valence-corrected chi connectivity index (χ1v) is 5.76. The molecule has 0 aliphatic rings. The summed E-state index contributed by atoms with van der Waals surface area (Å²) >= 11 is 0. The molecule has 1 aromatic carbocycles. The largest absolute Gasteiger partial charge is 0.399 e. The van der Waals surface area contributed by atoms with Gasteiger partial charge in [0.25, 0.3) is 5.56 Å². The van der Waals surface area contributed by atoms with Crippen LogP contribution in [0.5, 0.6) is 0 Å². The van der Waals surface area contributed by atoms with Gasteiger partial charge in [0.2, 0.25) is 0 Å². The van der Waals surface area contributed by atoms with Gasteiger partial charge in [-0.25, -0.2) is 4.79 Å². The van der Waals surface area contributed by atoms with Crippen molar-refractivity contribution < 1.29 is 0 Å². The summed E-state index contributed by atoms with van der Waals surface area (Å²) in [5, 5.41) is 0. The van der Waals surface area contributed by atoms with Crippen molar-refractivity contribution in [1.29, 1.82) is 0 Å². The normalized spacial score (nSPS) is 10.5. The molecule has 2 N–H and O–H groups in total. The van der Waals surface area contributed by atoms with E-state index in [-0.39, 0.29) is 17.8 Å². The van der Waals surface area contributed by atoms with Crippen LogP contribution < -0.4 is 17.0 Å². The number of aromatic nitrogens is 2. The molecule has 2 aromatic rings. The van der Waals surface area contributed by atoms with E-state index < -0.39 is 0 Å². The van der Waals surface area contributed by atoms with Crippen molar-refractivity contribution in [3.8, 4) is 0 Å². The second-order valence-corrected chi connectivity index (χ2v) is 4.05. The van der Waals surface area contributed by atoms with Gasteiger partial charge >= 0.3 is 5.69 Å². The summed E-state index contributed by atoms with van der Waals surface area (Å²) in [5.41, 5.74) is 6.53. The van der Waals surface area contributed by atoms with Crippen LogP contribution in [0.25, 0.3) is 0 Å². The Morgan fingerprint density at radius 2 is 2.00 bits per heavy atom. The number of hydrogen-bond donors (Lipinski definition) is 1. The van der Waals surface area contributed by atoms with Crippen LogP contribution in [0, 0.1) is 0 Å².